The van der Waals surface area contributed by atoms with Gasteiger partial charge in [-0.3, -0.25) is 4.79 Å². The van der Waals surface area contributed by atoms with Crippen molar-refractivity contribution < 1.29 is 4.79 Å². The fourth-order valence-electron chi connectivity index (χ4n) is 2.31. The minimum atomic E-state index is -0.0736. The van der Waals surface area contributed by atoms with Crippen molar-refractivity contribution >= 4 is 22.9 Å². The Morgan fingerprint density at radius 1 is 1.29 bits per heavy atom. The molecule has 1 amide bonds. The molecule has 1 atom stereocenters. The van der Waals surface area contributed by atoms with Gasteiger partial charge in [0.2, 0.25) is 0 Å². The highest BCUT2D eigenvalue weighted by molar-refractivity contribution is 7.11. The van der Waals surface area contributed by atoms with Crippen molar-refractivity contribution in [3.8, 4) is 0 Å². The molecule has 21 heavy (non-hydrogen) atoms. The largest absolute Gasteiger partial charge is 0.377 e. The summed E-state index contributed by atoms with van der Waals surface area (Å²) in [7, 11) is 1.64. The van der Waals surface area contributed by atoms with E-state index in [-0.39, 0.29) is 11.9 Å². The van der Waals surface area contributed by atoms with Gasteiger partial charge < -0.3 is 10.6 Å². The van der Waals surface area contributed by atoms with E-state index < -0.39 is 0 Å². The minimum absolute atomic E-state index is 0.0736. The molecule has 0 fully saturated rings. The first-order valence-corrected chi connectivity index (χ1v) is 7.77. The molecule has 0 saturated carbocycles. The highest BCUT2D eigenvalue weighted by Gasteiger charge is 2.14. The van der Waals surface area contributed by atoms with E-state index in [4.69, 9.17) is 0 Å². The van der Waals surface area contributed by atoms with E-state index in [0.717, 1.165) is 22.0 Å². The van der Waals surface area contributed by atoms with E-state index >= 15 is 0 Å². The SMILES string of the molecule is CNC(=O)c1ccc(C)c(NC(C)c2sc(C)nc2C)c1. The van der Waals surface area contributed by atoms with Gasteiger partial charge in [0.25, 0.3) is 5.91 Å². The Hall–Kier alpha value is -1.88. The number of hydrogen-bond donors (Lipinski definition) is 2. The first kappa shape index (κ1) is 15.5. The van der Waals surface area contributed by atoms with Crippen molar-refractivity contribution in [1.82, 2.24) is 10.3 Å². The molecule has 0 saturated heterocycles. The molecule has 0 aliphatic rings. The molecule has 1 aromatic carbocycles. The fraction of sp³-hybridized carbons (Fsp3) is 0.375. The minimum Gasteiger partial charge on any atom is -0.377 e. The van der Waals surface area contributed by atoms with Gasteiger partial charge in [0.15, 0.2) is 0 Å². The number of benzene rings is 1. The third kappa shape index (κ3) is 3.42. The van der Waals surface area contributed by atoms with E-state index in [1.165, 1.54) is 4.88 Å². The number of amides is 1. The first-order valence-electron chi connectivity index (χ1n) is 6.95. The number of nitrogens with zero attached hydrogens (tertiary/aromatic N) is 1. The molecule has 5 heteroatoms. The summed E-state index contributed by atoms with van der Waals surface area (Å²) in [6.45, 7) is 8.20. The number of anilines is 1. The summed E-state index contributed by atoms with van der Waals surface area (Å²) in [5.74, 6) is -0.0736. The van der Waals surface area contributed by atoms with Crippen molar-refractivity contribution in [2.24, 2.45) is 0 Å². The summed E-state index contributed by atoms with van der Waals surface area (Å²) >= 11 is 1.71. The van der Waals surface area contributed by atoms with Crippen LogP contribution in [0.3, 0.4) is 0 Å². The summed E-state index contributed by atoms with van der Waals surface area (Å²) in [5.41, 5.74) is 3.83. The van der Waals surface area contributed by atoms with Crippen LogP contribution >= 0.6 is 11.3 Å². The van der Waals surface area contributed by atoms with Gasteiger partial charge in [-0.1, -0.05) is 6.07 Å². The molecule has 0 spiro atoms. The van der Waals surface area contributed by atoms with Gasteiger partial charge in [0.1, 0.15) is 0 Å². The summed E-state index contributed by atoms with van der Waals surface area (Å²) < 4.78 is 0. The lowest BCUT2D eigenvalue weighted by Gasteiger charge is -2.17. The molecule has 4 nitrogen and oxygen atoms in total. The van der Waals surface area contributed by atoms with Crippen LogP contribution in [0.2, 0.25) is 0 Å². The summed E-state index contributed by atoms with van der Waals surface area (Å²) in [4.78, 5) is 17.4. The number of thiazole rings is 1. The monoisotopic (exact) mass is 303 g/mol. The molecular weight excluding hydrogens is 282 g/mol. The highest BCUT2D eigenvalue weighted by atomic mass is 32.1. The van der Waals surface area contributed by atoms with Gasteiger partial charge in [0, 0.05) is 23.2 Å². The predicted octanol–water partition coefficient (Wildman–Crippen LogP) is 3.60. The molecule has 0 aliphatic heterocycles. The first-order chi connectivity index (χ1) is 9.92. The van der Waals surface area contributed by atoms with E-state index in [0.29, 0.717) is 5.56 Å². The second-order valence-corrected chi connectivity index (χ2v) is 6.39. The molecule has 1 unspecified atom stereocenters. The zero-order chi connectivity index (χ0) is 15.6. The Bertz CT molecular complexity index is 664. The molecule has 1 aromatic heterocycles. The van der Waals surface area contributed by atoms with Crippen LogP contribution in [0.5, 0.6) is 0 Å². The highest BCUT2D eigenvalue weighted by Crippen LogP contribution is 2.29. The zero-order valence-electron chi connectivity index (χ0n) is 13.1. The van der Waals surface area contributed by atoms with Gasteiger partial charge in [-0.05, 0) is 45.4 Å². The number of aryl methyl sites for hydroxylation is 3. The van der Waals surface area contributed by atoms with E-state index in [1.54, 1.807) is 18.4 Å². The quantitative estimate of drug-likeness (QED) is 0.907. The van der Waals surface area contributed by atoms with Crippen LogP contribution in [0.1, 0.15) is 44.5 Å². The number of hydrogen-bond acceptors (Lipinski definition) is 4. The smallest absolute Gasteiger partial charge is 0.251 e. The van der Waals surface area contributed by atoms with Crippen LogP contribution < -0.4 is 10.6 Å². The molecule has 2 N–H and O–H groups in total. The van der Waals surface area contributed by atoms with Crippen molar-refractivity contribution in [2.45, 2.75) is 33.7 Å². The summed E-state index contributed by atoms with van der Waals surface area (Å²) in [6, 6.07) is 5.86. The van der Waals surface area contributed by atoms with E-state index in [1.807, 2.05) is 39.0 Å². The standard InChI is InChI=1S/C16H21N3OS/c1-9-6-7-13(16(20)17-5)8-14(9)19-11(3)15-10(2)18-12(4)21-15/h6-8,11,19H,1-5H3,(H,17,20). The molecule has 0 aliphatic carbocycles. The van der Waals surface area contributed by atoms with Crippen LogP contribution in [0.15, 0.2) is 18.2 Å². The number of nitrogens with one attached hydrogen (secondary N) is 2. The second kappa shape index (κ2) is 6.26. The van der Waals surface area contributed by atoms with E-state index in [9.17, 15) is 4.79 Å². The van der Waals surface area contributed by atoms with Crippen LogP contribution in [-0.4, -0.2) is 17.9 Å². The van der Waals surface area contributed by atoms with Crippen LogP contribution in [0.25, 0.3) is 0 Å². The number of carbonyl (C=O) groups excluding carboxylic acids is 1. The van der Waals surface area contributed by atoms with Crippen molar-refractivity contribution in [3.63, 3.8) is 0 Å². The zero-order valence-corrected chi connectivity index (χ0v) is 13.9. The molecule has 0 bridgehead atoms. The number of carbonyl (C=O) groups is 1. The third-order valence-corrected chi connectivity index (χ3v) is 4.69. The molecule has 2 rings (SSSR count). The maximum absolute atomic E-state index is 11.7. The number of aromatic nitrogens is 1. The summed E-state index contributed by atoms with van der Waals surface area (Å²) in [6.07, 6.45) is 0. The fourth-order valence-corrected chi connectivity index (χ4v) is 3.24. The Labute approximate surface area is 129 Å². The Balaban J connectivity index is 2.26. The van der Waals surface area contributed by atoms with Gasteiger partial charge in [-0.2, -0.15) is 0 Å². The van der Waals surface area contributed by atoms with Gasteiger partial charge in [-0.25, -0.2) is 4.98 Å². The molecule has 2 aromatic rings. The van der Waals surface area contributed by atoms with Crippen LogP contribution in [0.4, 0.5) is 5.69 Å². The Kier molecular flexibility index (Phi) is 4.63. The Morgan fingerprint density at radius 2 is 2.00 bits per heavy atom. The van der Waals surface area contributed by atoms with E-state index in [2.05, 4.69) is 22.5 Å². The molecule has 0 radical (unpaired) electrons. The van der Waals surface area contributed by atoms with Crippen LogP contribution in [-0.2, 0) is 0 Å². The predicted molar refractivity (Wildman–Crippen MR) is 88.2 cm³/mol. The maximum atomic E-state index is 11.7. The van der Waals surface area contributed by atoms with Gasteiger partial charge in [-0.15, -0.1) is 11.3 Å². The Morgan fingerprint density at radius 3 is 2.57 bits per heavy atom. The van der Waals surface area contributed by atoms with Gasteiger partial charge in [0.05, 0.1) is 16.7 Å². The normalized spacial score (nSPS) is 12.0. The lowest BCUT2D eigenvalue weighted by Crippen LogP contribution is -2.18. The average Bonchev–Trinajstić information content (AvgIpc) is 2.79. The molecule has 112 valence electrons. The topological polar surface area (TPSA) is 54.0 Å². The van der Waals surface area contributed by atoms with Crippen molar-refractivity contribution in [3.05, 3.63) is 44.9 Å². The molecular formula is C16H21N3OS. The average molecular weight is 303 g/mol. The third-order valence-electron chi connectivity index (χ3n) is 3.43. The van der Waals surface area contributed by atoms with Crippen molar-refractivity contribution in [1.29, 1.82) is 0 Å². The van der Waals surface area contributed by atoms with Crippen LogP contribution in [0, 0.1) is 20.8 Å². The van der Waals surface area contributed by atoms with Crippen molar-refractivity contribution in [2.75, 3.05) is 12.4 Å². The number of rotatable bonds is 4. The molecule has 1 heterocycles. The lowest BCUT2D eigenvalue weighted by molar-refractivity contribution is 0.0963. The van der Waals surface area contributed by atoms with Gasteiger partial charge >= 0.3 is 0 Å². The second-order valence-electron chi connectivity index (χ2n) is 5.16. The summed E-state index contributed by atoms with van der Waals surface area (Å²) in [5, 5.41) is 7.22. The lowest BCUT2D eigenvalue weighted by atomic mass is 10.1. The maximum Gasteiger partial charge on any atom is 0.251 e.